The molecular formula is C20H19ClN4O2. The highest BCUT2D eigenvalue weighted by Gasteiger charge is 2.09. The maximum absolute atomic E-state index is 12.3. The molecule has 0 radical (unpaired) electrons. The molecule has 6 nitrogen and oxygen atoms in total. The third-order valence-electron chi connectivity index (χ3n) is 3.93. The largest absolute Gasteiger partial charge is 0.497 e. The fraction of sp³-hybridized carbons (Fsp3) is 0.150. The summed E-state index contributed by atoms with van der Waals surface area (Å²) in [4.78, 5) is 20.5. The molecule has 0 bridgehead atoms. The van der Waals surface area contributed by atoms with E-state index in [1.54, 1.807) is 19.2 Å². The molecular weight excluding hydrogens is 364 g/mol. The van der Waals surface area contributed by atoms with Crippen LogP contribution in [0.3, 0.4) is 0 Å². The summed E-state index contributed by atoms with van der Waals surface area (Å²) < 4.78 is 5.14. The molecule has 0 saturated carbocycles. The van der Waals surface area contributed by atoms with E-state index in [2.05, 4.69) is 20.6 Å². The van der Waals surface area contributed by atoms with Gasteiger partial charge in [-0.2, -0.15) is 0 Å². The standard InChI is InChI=1S/C20H19ClN4O2/c1-27-16-8-6-14(7-9-16)11-22-19-10-18(24-13-25-19)20(26)23-12-15-4-2-3-5-17(15)21/h2-10,13H,11-12H2,1H3,(H,23,26)(H,22,24,25). The van der Waals surface area contributed by atoms with E-state index in [-0.39, 0.29) is 11.6 Å². The van der Waals surface area contributed by atoms with Gasteiger partial charge in [0.2, 0.25) is 0 Å². The Morgan fingerprint density at radius 3 is 2.59 bits per heavy atom. The molecule has 1 amide bonds. The topological polar surface area (TPSA) is 76.1 Å². The average Bonchev–Trinajstić information content (AvgIpc) is 2.72. The number of amides is 1. The van der Waals surface area contributed by atoms with Crippen LogP contribution in [0.15, 0.2) is 60.9 Å². The molecule has 1 aromatic heterocycles. The summed E-state index contributed by atoms with van der Waals surface area (Å²) in [6, 6.07) is 16.7. The first-order valence-corrected chi connectivity index (χ1v) is 8.74. The number of hydrogen-bond acceptors (Lipinski definition) is 5. The van der Waals surface area contributed by atoms with Crippen molar-refractivity contribution in [3.05, 3.63) is 82.8 Å². The van der Waals surface area contributed by atoms with Crippen LogP contribution in [0.25, 0.3) is 0 Å². The van der Waals surface area contributed by atoms with Crippen molar-refractivity contribution in [1.29, 1.82) is 0 Å². The number of rotatable bonds is 7. The third kappa shape index (κ3) is 5.18. The van der Waals surface area contributed by atoms with Gasteiger partial charge in [0.15, 0.2) is 0 Å². The Morgan fingerprint density at radius 1 is 1.07 bits per heavy atom. The third-order valence-corrected chi connectivity index (χ3v) is 4.30. The van der Waals surface area contributed by atoms with Crippen LogP contribution in [0.2, 0.25) is 5.02 Å². The highest BCUT2D eigenvalue weighted by Crippen LogP contribution is 2.15. The molecule has 0 aliphatic heterocycles. The van der Waals surface area contributed by atoms with Gasteiger partial charge in [0.05, 0.1) is 7.11 Å². The number of carbonyl (C=O) groups is 1. The summed E-state index contributed by atoms with van der Waals surface area (Å²) >= 11 is 6.10. The van der Waals surface area contributed by atoms with E-state index in [0.29, 0.717) is 23.9 Å². The zero-order valence-electron chi connectivity index (χ0n) is 14.8. The lowest BCUT2D eigenvalue weighted by Gasteiger charge is -2.09. The fourth-order valence-electron chi connectivity index (χ4n) is 2.42. The Bertz CT molecular complexity index is 916. The predicted octanol–water partition coefficient (Wildman–Crippen LogP) is 3.68. The first-order chi connectivity index (χ1) is 13.2. The molecule has 0 fully saturated rings. The van der Waals surface area contributed by atoms with E-state index >= 15 is 0 Å². The molecule has 1 heterocycles. The van der Waals surface area contributed by atoms with Gasteiger partial charge in [-0.25, -0.2) is 9.97 Å². The van der Waals surface area contributed by atoms with Crippen molar-refractivity contribution in [2.75, 3.05) is 12.4 Å². The van der Waals surface area contributed by atoms with Crippen LogP contribution in [-0.4, -0.2) is 23.0 Å². The summed E-state index contributed by atoms with van der Waals surface area (Å²) in [6.45, 7) is 0.902. The molecule has 27 heavy (non-hydrogen) atoms. The molecule has 0 aliphatic rings. The molecule has 138 valence electrons. The van der Waals surface area contributed by atoms with Crippen LogP contribution in [0.4, 0.5) is 5.82 Å². The Hall–Kier alpha value is -3.12. The molecule has 7 heteroatoms. The quantitative estimate of drug-likeness (QED) is 0.651. The van der Waals surface area contributed by atoms with Gasteiger partial charge < -0.3 is 15.4 Å². The number of anilines is 1. The molecule has 0 spiro atoms. The van der Waals surface area contributed by atoms with Gasteiger partial charge in [0, 0.05) is 24.2 Å². The van der Waals surface area contributed by atoms with Gasteiger partial charge in [-0.3, -0.25) is 4.79 Å². The molecule has 2 aromatic carbocycles. The normalized spacial score (nSPS) is 10.3. The molecule has 2 N–H and O–H groups in total. The van der Waals surface area contributed by atoms with E-state index in [1.807, 2.05) is 42.5 Å². The van der Waals surface area contributed by atoms with E-state index in [1.165, 1.54) is 6.33 Å². The minimum absolute atomic E-state index is 0.286. The van der Waals surface area contributed by atoms with Crippen LogP contribution < -0.4 is 15.4 Å². The molecule has 0 unspecified atom stereocenters. The van der Waals surface area contributed by atoms with Crippen molar-refractivity contribution in [2.24, 2.45) is 0 Å². The number of hydrogen-bond donors (Lipinski definition) is 2. The number of halogens is 1. The first-order valence-electron chi connectivity index (χ1n) is 8.36. The molecule has 3 rings (SSSR count). The van der Waals surface area contributed by atoms with Crippen molar-refractivity contribution in [3.8, 4) is 5.75 Å². The number of benzene rings is 2. The van der Waals surface area contributed by atoms with Gasteiger partial charge in [-0.05, 0) is 29.3 Å². The Labute approximate surface area is 162 Å². The van der Waals surface area contributed by atoms with Crippen LogP contribution in [-0.2, 0) is 13.1 Å². The lowest BCUT2D eigenvalue weighted by Crippen LogP contribution is -2.24. The number of nitrogens with one attached hydrogen (secondary N) is 2. The number of ether oxygens (including phenoxy) is 1. The Balaban J connectivity index is 1.58. The molecule has 0 saturated heterocycles. The van der Waals surface area contributed by atoms with Crippen molar-refractivity contribution in [1.82, 2.24) is 15.3 Å². The zero-order chi connectivity index (χ0) is 19.1. The number of carbonyl (C=O) groups excluding carboxylic acids is 1. The zero-order valence-corrected chi connectivity index (χ0v) is 15.5. The van der Waals surface area contributed by atoms with E-state index < -0.39 is 0 Å². The van der Waals surface area contributed by atoms with Crippen molar-refractivity contribution in [3.63, 3.8) is 0 Å². The monoisotopic (exact) mass is 382 g/mol. The molecule has 0 atom stereocenters. The van der Waals surface area contributed by atoms with Crippen LogP contribution in [0, 0.1) is 0 Å². The average molecular weight is 383 g/mol. The second-order valence-corrected chi connectivity index (χ2v) is 6.17. The van der Waals surface area contributed by atoms with E-state index in [0.717, 1.165) is 16.9 Å². The van der Waals surface area contributed by atoms with Crippen LogP contribution >= 0.6 is 11.6 Å². The Morgan fingerprint density at radius 2 is 1.85 bits per heavy atom. The van der Waals surface area contributed by atoms with Gasteiger partial charge >= 0.3 is 0 Å². The fourth-order valence-corrected chi connectivity index (χ4v) is 2.62. The number of aromatic nitrogens is 2. The molecule has 0 aliphatic carbocycles. The smallest absolute Gasteiger partial charge is 0.270 e. The van der Waals surface area contributed by atoms with E-state index in [9.17, 15) is 4.79 Å². The highest BCUT2D eigenvalue weighted by molar-refractivity contribution is 6.31. The number of nitrogens with zero attached hydrogens (tertiary/aromatic N) is 2. The summed E-state index contributed by atoms with van der Waals surface area (Å²) in [7, 11) is 1.63. The van der Waals surface area contributed by atoms with Gasteiger partial charge in [-0.1, -0.05) is 41.9 Å². The van der Waals surface area contributed by atoms with Crippen LogP contribution in [0.5, 0.6) is 5.75 Å². The maximum atomic E-state index is 12.3. The minimum Gasteiger partial charge on any atom is -0.497 e. The summed E-state index contributed by atoms with van der Waals surface area (Å²) in [6.07, 6.45) is 1.36. The van der Waals surface area contributed by atoms with Crippen molar-refractivity contribution in [2.45, 2.75) is 13.1 Å². The first kappa shape index (κ1) is 18.7. The lowest BCUT2D eigenvalue weighted by molar-refractivity contribution is 0.0946. The second kappa shape index (κ2) is 9.00. The van der Waals surface area contributed by atoms with Crippen molar-refractivity contribution < 1.29 is 9.53 Å². The lowest BCUT2D eigenvalue weighted by atomic mass is 10.2. The Kier molecular flexibility index (Phi) is 6.22. The van der Waals surface area contributed by atoms with Gasteiger partial charge in [-0.15, -0.1) is 0 Å². The summed E-state index contributed by atoms with van der Waals surface area (Å²) in [5.74, 6) is 1.09. The second-order valence-electron chi connectivity index (χ2n) is 5.76. The summed E-state index contributed by atoms with van der Waals surface area (Å²) in [5, 5.41) is 6.61. The van der Waals surface area contributed by atoms with E-state index in [4.69, 9.17) is 16.3 Å². The van der Waals surface area contributed by atoms with Crippen molar-refractivity contribution >= 4 is 23.3 Å². The molecule has 3 aromatic rings. The van der Waals surface area contributed by atoms with Gasteiger partial charge in [0.25, 0.3) is 5.91 Å². The maximum Gasteiger partial charge on any atom is 0.270 e. The van der Waals surface area contributed by atoms with Gasteiger partial charge in [0.1, 0.15) is 23.6 Å². The van der Waals surface area contributed by atoms with Crippen LogP contribution in [0.1, 0.15) is 21.6 Å². The summed E-state index contributed by atoms with van der Waals surface area (Å²) in [5.41, 5.74) is 2.20. The SMILES string of the molecule is COc1ccc(CNc2cc(C(=O)NCc3ccccc3Cl)ncn2)cc1. The highest BCUT2D eigenvalue weighted by atomic mass is 35.5. The predicted molar refractivity (Wildman–Crippen MR) is 105 cm³/mol. The number of methoxy groups -OCH3 is 1. The minimum atomic E-state index is -0.287.